The van der Waals surface area contributed by atoms with Crippen molar-refractivity contribution < 1.29 is 0 Å². The predicted molar refractivity (Wildman–Crippen MR) is 75.4 cm³/mol. The lowest BCUT2D eigenvalue weighted by molar-refractivity contribution is 0.138. The van der Waals surface area contributed by atoms with Crippen LogP contribution in [-0.2, 0) is 0 Å². The number of hydrogen-bond donors (Lipinski definition) is 1. The second-order valence-electron chi connectivity index (χ2n) is 7.03. The number of nitrogens with two attached hydrogens (primary N) is 1. The highest BCUT2D eigenvalue weighted by atomic mass is 15.2. The van der Waals surface area contributed by atoms with E-state index in [-0.39, 0.29) is 0 Å². The van der Waals surface area contributed by atoms with E-state index in [1.165, 1.54) is 51.9 Å². The van der Waals surface area contributed by atoms with Crippen LogP contribution < -0.4 is 5.73 Å². The minimum Gasteiger partial charge on any atom is -0.327 e. The lowest BCUT2D eigenvalue weighted by Gasteiger charge is -2.36. The first-order valence-corrected chi connectivity index (χ1v) is 7.83. The van der Waals surface area contributed by atoms with E-state index in [9.17, 15) is 0 Å². The lowest BCUT2D eigenvalue weighted by atomic mass is 9.84. The van der Waals surface area contributed by atoms with E-state index in [0.29, 0.717) is 12.1 Å². The van der Waals surface area contributed by atoms with Gasteiger partial charge in [-0.25, -0.2) is 0 Å². The molecular weight excluding hydrogens is 222 g/mol. The molecule has 2 N–H and O–H groups in total. The van der Waals surface area contributed by atoms with Crippen LogP contribution in [0.25, 0.3) is 0 Å². The Morgan fingerprint density at radius 1 is 1.17 bits per heavy atom. The van der Waals surface area contributed by atoms with Crippen molar-refractivity contribution in [1.82, 2.24) is 9.80 Å². The summed E-state index contributed by atoms with van der Waals surface area (Å²) >= 11 is 0. The zero-order valence-corrected chi connectivity index (χ0v) is 12.0. The summed E-state index contributed by atoms with van der Waals surface area (Å²) < 4.78 is 0. The predicted octanol–water partition coefficient (Wildman–Crippen LogP) is 1.39. The van der Waals surface area contributed by atoms with Crippen molar-refractivity contribution >= 4 is 0 Å². The molecule has 0 aromatic heterocycles. The van der Waals surface area contributed by atoms with Gasteiger partial charge in [-0.15, -0.1) is 0 Å². The first kappa shape index (κ1) is 12.9. The Kier molecular flexibility index (Phi) is 3.65. The molecule has 1 heterocycles. The monoisotopic (exact) mass is 251 g/mol. The second-order valence-corrected chi connectivity index (χ2v) is 7.03. The van der Waals surface area contributed by atoms with Gasteiger partial charge in [0, 0.05) is 25.2 Å². The average Bonchev–Trinajstić information content (AvgIpc) is 2.86. The minimum absolute atomic E-state index is 0.497. The smallest absolute Gasteiger partial charge is 0.0194 e. The van der Waals surface area contributed by atoms with Crippen LogP contribution in [0.3, 0.4) is 0 Å². The molecule has 0 spiro atoms. The molecule has 1 aliphatic heterocycles. The Bertz CT molecular complexity index is 291. The van der Waals surface area contributed by atoms with Crippen LogP contribution in [-0.4, -0.2) is 55.1 Å². The van der Waals surface area contributed by atoms with Gasteiger partial charge in [-0.05, 0) is 70.5 Å². The molecule has 3 fully saturated rings. The molecule has 18 heavy (non-hydrogen) atoms. The molecule has 3 nitrogen and oxygen atoms in total. The highest BCUT2D eigenvalue weighted by Crippen LogP contribution is 2.47. The second kappa shape index (κ2) is 5.10. The van der Waals surface area contributed by atoms with Crippen molar-refractivity contribution in [3.05, 3.63) is 0 Å². The molecule has 0 radical (unpaired) electrons. The maximum Gasteiger partial charge on any atom is 0.0194 e. The zero-order chi connectivity index (χ0) is 12.7. The van der Waals surface area contributed by atoms with Gasteiger partial charge in [0.25, 0.3) is 0 Å². The van der Waals surface area contributed by atoms with Gasteiger partial charge in [0.2, 0.25) is 0 Å². The highest BCUT2D eigenvalue weighted by molar-refractivity contribution is 5.00. The average molecular weight is 251 g/mol. The lowest BCUT2D eigenvalue weighted by Crippen LogP contribution is -2.46. The third-order valence-corrected chi connectivity index (χ3v) is 5.79. The van der Waals surface area contributed by atoms with Gasteiger partial charge < -0.3 is 10.6 Å². The quantitative estimate of drug-likeness (QED) is 0.805. The maximum atomic E-state index is 6.46. The largest absolute Gasteiger partial charge is 0.327 e. The molecule has 0 aromatic rings. The summed E-state index contributed by atoms with van der Waals surface area (Å²) in [6, 6.07) is 1.20. The molecule has 1 saturated heterocycles. The molecule has 0 aromatic carbocycles. The van der Waals surface area contributed by atoms with Crippen LogP contribution >= 0.6 is 0 Å². The Morgan fingerprint density at radius 2 is 1.94 bits per heavy atom. The van der Waals surface area contributed by atoms with Crippen molar-refractivity contribution in [2.75, 3.05) is 33.2 Å². The topological polar surface area (TPSA) is 32.5 Å². The van der Waals surface area contributed by atoms with Gasteiger partial charge in [-0.3, -0.25) is 4.90 Å². The Hall–Kier alpha value is -0.120. The standard InChI is InChI=1S/C15H29N3/c1-11-9-17(2)6-3-7-18(11)10-14-12-4-5-13(8-12)15(14)16/h11-15H,3-10,16H2,1-2H3. The molecule has 0 amide bonds. The van der Waals surface area contributed by atoms with E-state index >= 15 is 0 Å². The first-order valence-electron chi connectivity index (χ1n) is 7.83. The van der Waals surface area contributed by atoms with Gasteiger partial charge >= 0.3 is 0 Å². The molecule has 3 heteroatoms. The van der Waals surface area contributed by atoms with Gasteiger partial charge in [-0.2, -0.15) is 0 Å². The fraction of sp³-hybridized carbons (Fsp3) is 1.00. The SMILES string of the molecule is CC1CN(C)CCCN1CC1C2CCC(C2)C1N. The zero-order valence-electron chi connectivity index (χ0n) is 12.0. The van der Waals surface area contributed by atoms with E-state index in [2.05, 4.69) is 23.8 Å². The van der Waals surface area contributed by atoms with Crippen LogP contribution in [0.15, 0.2) is 0 Å². The fourth-order valence-electron chi connectivity index (χ4n) is 4.69. The molecule has 2 bridgehead atoms. The van der Waals surface area contributed by atoms with Crippen molar-refractivity contribution in [3.63, 3.8) is 0 Å². The van der Waals surface area contributed by atoms with E-state index in [0.717, 1.165) is 17.8 Å². The van der Waals surface area contributed by atoms with Crippen molar-refractivity contribution in [2.24, 2.45) is 23.5 Å². The summed E-state index contributed by atoms with van der Waals surface area (Å²) in [7, 11) is 2.25. The van der Waals surface area contributed by atoms with Crippen molar-refractivity contribution in [1.29, 1.82) is 0 Å². The summed E-state index contributed by atoms with van der Waals surface area (Å²) in [5.74, 6) is 2.58. The summed E-state index contributed by atoms with van der Waals surface area (Å²) in [6.07, 6.45) is 5.59. The van der Waals surface area contributed by atoms with Crippen molar-refractivity contribution in [3.8, 4) is 0 Å². The summed E-state index contributed by atoms with van der Waals surface area (Å²) in [5.41, 5.74) is 6.46. The van der Waals surface area contributed by atoms with Gasteiger partial charge in [0.15, 0.2) is 0 Å². The van der Waals surface area contributed by atoms with Crippen LogP contribution in [0.4, 0.5) is 0 Å². The van der Waals surface area contributed by atoms with E-state index in [4.69, 9.17) is 5.73 Å². The number of fused-ring (bicyclic) bond motifs is 2. The number of rotatable bonds is 2. The number of nitrogens with zero attached hydrogens (tertiary/aromatic N) is 2. The maximum absolute atomic E-state index is 6.46. The first-order chi connectivity index (χ1) is 8.65. The van der Waals surface area contributed by atoms with Crippen LogP contribution in [0.5, 0.6) is 0 Å². The van der Waals surface area contributed by atoms with Gasteiger partial charge in [0.1, 0.15) is 0 Å². The Balaban J connectivity index is 1.61. The minimum atomic E-state index is 0.497. The molecule has 2 aliphatic carbocycles. The van der Waals surface area contributed by atoms with E-state index in [1.807, 2.05) is 0 Å². The molecule has 3 aliphatic rings. The highest BCUT2D eigenvalue weighted by Gasteiger charge is 2.46. The molecule has 2 saturated carbocycles. The summed E-state index contributed by atoms with van der Waals surface area (Å²) in [4.78, 5) is 5.19. The third-order valence-electron chi connectivity index (χ3n) is 5.79. The number of likely N-dealkylation sites (N-methyl/N-ethyl adjacent to an activating group) is 1. The van der Waals surface area contributed by atoms with Crippen LogP contribution in [0.2, 0.25) is 0 Å². The van der Waals surface area contributed by atoms with Gasteiger partial charge in [0.05, 0.1) is 0 Å². The van der Waals surface area contributed by atoms with Crippen LogP contribution in [0, 0.1) is 17.8 Å². The third kappa shape index (κ3) is 2.33. The number of hydrogen-bond acceptors (Lipinski definition) is 3. The molecule has 5 unspecified atom stereocenters. The Morgan fingerprint density at radius 3 is 2.67 bits per heavy atom. The molecular formula is C15H29N3. The van der Waals surface area contributed by atoms with E-state index in [1.54, 1.807) is 0 Å². The van der Waals surface area contributed by atoms with Gasteiger partial charge in [-0.1, -0.05) is 0 Å². The fourth-order valence-corrected chi connectivity index (χ4v) is 4.69. The summed E-state index contributed by atoms with van der Waals surface area (Å²) in [6.45, 7) is 7.39. The Labute approximate surface area is 112 Å². The molecule has 104 valence electrons. The molecule has 5 atom stereocenters. The summed E-state index contributed by atoms with van der Waals surface area (Å²) in [5, 5.41) is 0. The normalized spacial score (nSPS) is 46.5. The van der Waals surface area contributed by atoms with E-state index < -0.39 is 0 Å². The molecule has 3 rings (SSSR count). The van der Waals surface area contributed by atoms with Crippen molar-refractivity contribution in [2.45, 2.75) is 44.7 Å². The van der Waals surface area contributed by atoms with Crippen LogP contribution in [0.1, 0.15) is 32.6 Å².